The van der Waals surface area contributed by atoms with Crippen molar-refractivity contribution in [1.29, 1.82) is 0 Å². The van der Waals surface area contributed by atoms with E-state index < -0.39 is 0 Å². The molecule has 7 heteroatoms. The molecule has 0 N–H and O–H groups in total. The predicted molar refractivity (Wildman–Crippen MR) is 103 cm³/mol. The molecule has 2 fully saturated rings. The van der Waals surface area contributed by atoms with Gasteiger partial charge in [-0.05, 0) is 52.3 Å². The fourth-order valence-corrected chi connectivity index (χ4v) is 4.39. The number of aryl methyl sites for hydroxylation is 3. The van der Waals surface area contributed by atoms with E-state index >= 15 is 0 Å². The van der Waals surface area contributed by atoms with Crippen LogP contribution in [0.2, 0.25) is 0 Å². The molecule has 1 spiro atoms. The molecule has 0 amide bonds. The van der Waals surface area contributed by atoms with Gasteiger partial charge in [-0.2, -0.15) is 5.10 Å². The molecule has 2 aliphatic heterocycles. The Hall–Kier alpha value is -1.99. The summed E-state index contributed by atoms with van der Waals surface area (Å²) in [6.45, 7) is 12.4. The van der Waals surface area contributed by atoms with Crippen LogP contribution in [-0.2, 0) is 11.3 Å². The van der Waals surface area contributed by atoms with Crippen LogP contribution >= 0.6 is 0 Å². The molecule has 27 heavy (non-hydrogen) atoms. The smallest absolute Gasteiger partial charge is 0.151 e. The first-order chi connectivity index (χ1) is 13.0. The van der Waals surface area contributed by atoms with Crippen molar-refractivity contribution in [2.45, 2.75) is 40.2 Å². The zero-order valence-electron chi connectivity index (χ0n) is 16.6. The molecule has 0 aliphatic carbocycles. The van der Waals surface area contributed by atoms with Crippen LogP contribution in [0, 0.1) is 26.2 Å². The summed E-state index contributed by atoms with van der Waals surface area (Å²) in [4.78, 5) is 4.88. The van der Waals surface area contributed by atoms with Gasteiger partial charge in [0.15, 0.2) is 5.82 Å². The second kappa shape index (κ2) is 7.56. The van der Waals surface area contributed by atoms with Crippen molar-refractivity contribution in [3.05, 3.63) is 34.8 Å². The fraction of sp³-hybridized carbons (Fsp3) is 0.650. The predicted octanol–water partition coefficient (Wildman–Crippen LogP) is 2.51. The minimum absolute atomic E-state index is 0.125. The zero-order valence-corrected chi connectivity index (χ0v) is 16.6. The van der Waals surface area contributed by atoms with E-state index in [1.807, 2.05) is 26.8 Å². The molecule has 0 unspecified atom stereocenters. The van der Waals surface area contributed by atoms with E-state index in [4.69, 9.17) is 9.26 Å². The van der Waals surface area contributed by atoms with Gasteiger partial charge < -0.3 is 14.2 Å². The van der Waals surface area contributed by atoms with E-state index in [9.17, 15) is 0 Å². The third kappa shape index (κ3) is 3.99. The normalized spacial score (nSPS) is 24.3. The van der Waals surface area contributed by atoms with Crippen LogP contribution in [0.1, 0.15) is 35.6 Å². The minimum atomic E-state index is 0.125. The Kier molecular flexibility index (Phi) is 5.14. The maximum absolute atomic E-state index is 6.05. The van der Waals surface area contributed by atoms with Gasteiger partial charge in [-0.1, -0.05) is 5.16 Å². The summed E-state index contributed by atoms with van der Waals surface area (Å²) in [5.41, 5.74) is 3.30. The molecule has 1 atom stereocenters. The van der Waals surface area contributed by atoms with Gasteiger partial charge in [-0.15, -0.1) is 5.10 Å². The summed E-state index contributed by atoms with van der Waals surface area (Å²) in [5.74, 6) is 1.88. The second-order valence-electron chi connectivity index (χ2n) is 8.12. The van der Waals surface area contributed by atoms with Crippen LogP contribution in [-0.4, -0.2) is 59.6 Å². The number of anilines is 1. The average molecular weight is 371 g/mol. The first-order valence-electron chi connectivity index (χ1n) is 9.82. The first kappa shape index (κ1) is 18.4. The quantitative estimate of drug-likeness (QED) is 0.821. The topological polar surface area (TPSA) is 67.5 Å². The van der Waals surface area contributed by atoms with E-state index in [0.717, 1.165) is 68.9 Å². The molecule has 7 nitrogen and oxygen atoms in total. The molecule has 0 saturated carbocycles. The Morgan fingerprint density at radius 1 is 1.11 bits per heavy atom. The van der Waals surface area contributed by atoms with Crippen LogP contribution in [0.4, 0.5) is 5.82 Å². The van der Waals surface area contributed by atoms with Crippen molar-refractivity contribution < 1.29 is 9.26 Å². The van der Waals surface area contributed by atoms with E-state index in [1.54, 1.807) is 0 Å². The van der Waals surface area contributed by atoms with Gasteiger partial charge >= 0.3 is 0 Å². The molecule has 0 bridgehead atoms. The van der Waals surface area contributed by atoms with Crippen LogP contribution in [0.25, 0.3) is 0 Å². The number of hydrogen-bond acceptors (Lipinski definition) is 7. The first-order valence-corrected chi connectivity index (χ1v) is 9.82. The summed E-state index contributed by atoms with van der Waals surface area (Å²) < 4.78 is 11.4. The highest BCUT2D eigenvalue weighted by Gasteiger charge is 2.39. The molecule has 0 radical (unpaired) electrons. The molecule has 4 rings (SSSR count). The Balaban J connectivity index is 1.51. The number of hydrogen-bond donors (Lipinski definition) is 0. The van der Waals surface area contributed by atoms with Gasteiger partial charge in [-0.25, -0.2) is 0 Å². The Morgan fingerprint density at radius 3 is 2.74 bits per heavy atom. The largest absolute Gasteiger partial charge is 0.379 e. The third-order valence-electron chi connectivity index (χ3n) is 5.85. The summed E-state index contributed by atoms with van der Waals surface area (Å²) in [7, 11) is 0. The molecule has 2 aliphatic rings. The van der Waals surface area contributed by atoms with Crippen molar-refractivity contribution in [2.24, 2.45) is 5.41 Å². The van der Waals surface area contributed by atoms with Gasteiger partial charge in [0, 0.05) is 37.2 Å². The summed E-state index contributed by atoms with van der Waals surface area (Å²) >= 11 is 0. The van der Waals surface area contributed by atoms with Gasteiger partial charge in [0.2, 0.25) is 0 Å². The van der Waals surface area contributed by atoms with Crippen molar-refractivity contribution in [1.82, 2.24) is 20.3 Å². The van der Waals surface area contributed by atoms with E-state index in [-0.39, 0.29) is 5.41 Å². The number of piperidine rings is 1. The van der Waals surface area contributed by atoms with Crippen molar-refractivity contribution >= 4 is 5.82 Å². The Morgan fingerprint density at radius 2 is 2.00 bits per heavy atom. The van der Waals surface area contributed by atoms with Crippen LogP contribution in [0.3, 0.4) is 0 Å². The van der Waals surface area contributed by atoms with Crippen LogP contribution in [0.5, 0.6) is 0 Å². The molecule has 0 aromatic carbocycles. The van der Waals surface area contributed by atoms with Crippen molar-refractivity contribution in [3.8, 4) is 0 Å². The molecule has 2 saturated heterocycles. The maximum Gasteiger partial charge on any atom is 0.151 e. The zero-order chi connectivity index (χ0) is 18.9. The minimum Gasteiger partial charge on any atom is -0.379 e. The molecule has 4 heterocycles. The third-order valence-corrected chi connectivity index (χ3v) is 5.85. The highest BCUT2D eigenvalue weighted by atomic mass is 16.5. The summed E-state index contributed by atoms with van der Waals surface area (Å²) in [5, 5.41) is 12.8. The highest BCUT2D eigenvalue weighted by Crippen LogP contribution is 2.35. The van der Waals surface area contributed by atoms with Crippen molar-refractivity contribution in [2.75, 3.05) is 44.3 Å². The summed E-state index contributed by atoms with van der Waals surface area (Å²) in [6, 6.07) is 4.11. The SMILES string of the molecule is Cc1ccc(N2CCOC[C@]3(CCCN(Cc4c(C)noc4C)C3)C2)nn1. The van der Waals surface area contributed by atoms with Gasteiger partial charge in [0.1, 0.15) is 5.76 Å². The number of nitrogens with zero attached hydrogens (tertiary/aromatic N) is 5. The van der Waals surface area contributed by atoms with Gasteiger partial charge in [-0.3, -0.25) is 4.90 Å². The second-order valence-corrected chi connectivity index (χ2v) is 8.12. The highest BCUT2D eigenvalue weighted by molar-refractivity contribution is 5.38. The number of aromatic nitrogens is 3. The van der Waals surface area contributed by atoms with E-state index in [2.05, 4.69) is 31.2 Å². The van der Waals surface area contributed by atoms with Crippen LogP contribution < -0.4 is 4.90 Å². The summed E-state index contributed by atoms with van der Waals surface area (Å²) in [6.07, 6.45) is 2.36. The van der Waals surface area contributed by atoms with E-state index in [0.29, 0.717) is 0 Å². The van der Waals surface area contributed by atoms with E-state index in [1.165, 1.54) is 18.4 Å². The van der Waals surface area contributed by atoms with Gasteiger partial charge in [0.05, 0.1) is 24.6 Å². The standard InChI is InChI=1S/C20H29N5O2/c1-15-5-6-19(22-21-15)25-9-10-26-14-20(13-25)7-4-8-24(12-20)11-18-16(2)23-27-17(18)3/h5-6H,4,7-14H2,1-3H3/t20-/m0/s1. The fourth-order valence-electron chi connectivity index (χ4n) is 4.39. The lowest BCUT2D eigenvalue weighted by Crippen LogP contribution is -2.50. The Labute approximate surface area is 160 Å². The maximum atomic E-state index is 6.05. The van der Waals surface area contributed by atoms with Crippen LogP contribution in [0.15, 0.2) is 16.7 Å². The van der Waals surface area contributed by atoms with Crippen molar-refractivity contribution in [3.63, 3.8) is 0 Å². The number of rotatable bonds is 3. The molecule has 2 aromatic rings. The molecule has 146 valence electrons. The molecular weight excluding hydrogens is 342 g/mol. The lowest BCUT2D eigenvalue weighted by molar-refractivity contribution is 0.0105. The Bertz CT molecular complexity index is 756. The molecule has 2 aromatic heterocycles. The molecular formula is C20H29N5O2. The van der Waals surface area contributed by atoms with Gasteiger partial charge in [0.25, 0.3) is 0 Å². The monoisotopic (exact) mass is 371 g/mol. The number of likely N-dealkylation sites (tertiary alicyclic amines) is 1. The number of ether oxygens (including phenoxy) is 1. The lowest BCUT2D eigenvalue weighted by atomic mass is 9.80. The lowest BCUT2D eigenvalue weighted by Gasteiger charge is -2.43. The average Bonchev–Trinajstić information content (AvgIpc) is 2.86.